The fourth-order valence-corrected chi connectivity index (χ4v) is 2.50. The highest BCUT2D eigenvalue weighted by atomic mass is 16.5. The summed E-state index contributed by atoms with van der Waals surface area (Å²) in [5, 5.41) is 5.55. The van der Waals surface area contributed by atoms with E-state index in [0.29, 0.717) is 47.9 Å². The van der Waals surface area contributed by atoms with E-state index in [9.17, 15) is 14.4 Å². The van der Waals surface area contributed by atoms with Crippen LogP contribution in [0.3, 0.4) is 0 Å². The smallest absolute Gasteiger partial charge is 0.308 e. The van der Waals surface area contributed by atoms with E-state index >= 15 is 0 Å². The van der Waals surface area contributed by atoms with E-state index in [1.54, 1.807) is 36.4 Å². The molecule has 0 aliphatic carbocycles. The average Bonchev–Trinajstić information content (AvgIpc) is 2.72. The van der Waals surface area contributed by atoms with Crippen LogP contribution in [-0.2, 0) is 4.79 Å². The number of esters is 1. The number of methoxy groups -OCH3 is 2. The topological polar surface area (TPSA) is 103 Å². The SMILES string of the molecule is COc1cc(OC)cc(C(=O)NCCCNC(=O)c2cccc(OC(C)=O)c2)c1. The van der Waals surface area contributed by atoms with Gasteiger partial charge in [0.25, 0.3) is 11.8 Å². The Balaban J connectivity index is 1.79. The zero-order valence-corrected chi connectivity index (χ0v) is 16.6. The Bertz CT molecular complexity index is 859. The Hall–Kier alpha value is -3.55. The number of amides is 2. The third-order valence-corrected chi connectivity index (χ3v) is 3.90. The number of carbonyl (C=O) groups is 3. The number of hydrogen-bond acceptors (Lipinski definition) is 6. The van der Waals surface area contributed by atoms with Gasteiger partial charge >= 0.3 is 5.97 Å². The van der Waals surface area contributed by atoms with Crippen LogP contribution < -0.4 is 24.8 Å². The molecule has 2 aromatic carbocycles. The van der Waals surface area contributed by atoms with Gasteiger partial charge in [-0.25, -0.2) is 0 Å². The second-order valence-electron chi connectivity index (χ2n) is 6.09. The zero-order chi connectivity index (χ0) is 21.2. The standard InChI is InChI=1S/C21H24N2O6/c1-14(24)29-17-7-4-6-15(10-17)20(25)22-8-5-9-23-21(26)16-11-18(27-2)13-19(12-16)28-3/h4,6-7,10-13H,5,8-9H2,1-3H3,(H,22,25)(H,23,26). The molecule has 2 N–H and O–H groups in total. The van der Waals surface area contributed by atoms with Crippen LogP contribution in [0.2, 0.25) is 0 Å². The maximum Gasteiger partial charge on any atom is 0.308 e. The van der Waals surface area contributed by atoms with Crippen LogP contribution in [-0.4, -0.2) is 45.1 Å². The molecule has 0 aliphatic rings. The largest absolute Gasteiger partial charge is 0.497 e. The van der Waals surface area contributed by atoms with Crippen LogP contribution >= 0.6 is 0 Å². The maximum atomic E-state index is 12.3. The Labute approximate surface area is 169 Å². The second kappa shape index (κ2) is 10.7. The van der Waals surface area contributed by atoms with Gasteiger partial charge in [0.15, 0.2) is 0 Å². The van der Waals surface area contributed by atoms with E-state index in [2.05, 4.69) is 10.6 Å². The van der Waals surface area contributed by atoms with Gasteiger partial charge in [0.1, 0.15) is 17.2 Å². The van der Waals surface area contributed by atoms with Gasteiger partial charge in [-0.15, -0.1) is 0 Å². The van der Waals surface area contributed by atoms with Crippen molar-refractivity contribution in [2.24, 2.45) is 0 Å². The molecule has 0 saturated carbocycles. The lowest BCUT2D eigenvalue weighted by molar-refractivity contribution is -0.131. The molecule has 0 spiro atoms. The first kappa shape index (κ1) is 21.7. The van der Waals surface area contributed by atoms with Crippen LogP contribution in [0.15, 0.2) is 42.5 Å². The van der Waals surface area contributed by atoms with Crippen molar-refractivity contribution in [3.63, 3.8) is 0 Å². The number of nitrogens with one attached hydrogen (secondary N) is 2. The molecule has 0 unspecified atom stereocenters. The molecule has 8 nitrogen and oxygen atoms in total. The van der Waals surface area contributed by atoms with Gasteiger partial charge in [-0.2, -0.15) is 0 Å². The monoisotopic (exact) mass is 400 g/mol. The fraction of sp³-hybridized carbons (Fsp3) is 0.286. The number of ether oxygens (including phenoxy) is 3. The summed E-state index contributed by atoms with van der Waals surface area (Å²) in [5.74, 6) is 0.360. The van der Waals surface area contributed by atoms with E-state index in [0.717, 1.165) is 0 Å². The normalized spacial score (nSPS) is 10.0. The summed E-state index contributed by atoms with van der Waals surface area (Å²) in [6.45, 7) is 2.05. The maximum absolute atomic E-state index is 12.3. The molecule has 2 rings (SSSR count). The molecule has 0 fully saturated rings. The molecule has 154 valence electrons. The van der Waals surface area contributed by atoms with Gasteiger partial charge in [-0.3, -0.25) is 14.4 Å². The third kappa shape index (κ3) is 6.84. The summed E-state index contributed by atoms with van der Waals surface area (Å²) >= 11 is 0. The second-order valence-corrected chi connectivity index (χ2v) is 6.09. The molecule has 0 heterocycles. The minimum Gasteiger partial charge on any atom is -0.497 e. The van der Waals surface area contributed by atoms with Gasteiger partial charge in [-0.1, -0.05) is 6.07 Å². The molecule has 0 saturated heterocycles. The molecule has 2 aromatic rings. The number of hydrogen-bond donors (Lipinski definition) is 2. The van der Waals surface area contributed by atoms with Gasteiger partial charge in [-0.05, 0) is 36.8 Å². The number of carbonyl (C=O) groups excluding carboxylic acids is 3. The minimum atomic E-state index is -0.452. The highest BCUT2D eigenvalue weighted by Crippen LogP contribution is 2.22. The van der Waals surface area contributed by atoms with Gasteiger partial charge in [0.2, 0.25) is 0 Å². The molecule has 0 aromatic heterocycles. The predicted octanol–water partition coefficient (Wildman–Crippen LogP) is 2.18. The lowest BCUT2D eigenvalue weighted by atomic mass is 10.2. The van der Waals surface area contributed by atoms with Gasteiger partial charge in [0, 0.05) is 37.2 Å². The van der Waals surface area contributed by atoms with Crippen LogP contribution in [0.1, 0.15) is 34.1 Å². The summed E-state index contributed by atoms with van der Waals surface area (Å²) in [5.41, 5.74) is 0.809. The third-order valence-electron chi connectivity index (χ3n) is 3.90. The predicted molar refractivity (Wildman–Crippen MR) is 107 cm³/mol. The highest BCUT2D eigenvalue weighted by Gasteiger charge is 2.10. The molecule has 2 amide bonds. The van der Waals surface area contributed by atoms with Gasteiger partial charge < -0.3 is 24.8 Å². The fourth-order valence-electron chi connectivity index (χ4n) is 2.50. The van der Waals surface area contributed by atoms with Crippen molar-refractivity contribution >= 4 is 17.8 Å². The molecule has 0 atom stereocenters. The van der Waals surface area contributed by atoms with Crippen molar-refractivity contribution in [3.8, 4) is 17.2 Å². The van der Waals surface area contributed by atoms with Crippen molar-refractivity contribution in [2.45, 2.75) is 13.3 Å². The summed E-state index contributed by atoms with van der Waals surface area (Å²) in [4.78, 5) is 35.4. The van der Waals surface area contributed by atoms with E-state index in [-0.39, 0.29) is 11.8 Å². The Morgan fingerprint density at radius 2 is 1.34 bits per heavy atom. The summed E-state index contributed by atoms with van der Waals surface area (Å²) < 4.78 is 15.3. The molecule has 8 heteroatoms. The lowest BCUT2D eigenvalue weighted by Gasteiger charge is -2.10. The van der Waals surface area contributed by atoms with Crippen molar-refractivity contribution in [2.75, 3.05) is 27.3 Å². The Morgan fingerprint density at radius 1 is 0.793 bits per heavy atom. The number of rotatable bonds is 9. The van der Waals surface area contributed by atoms with E-state index in [1.807, 2.05) is 0 Å². The first-order chi connectivity index (χ1) is 13.9. The highest BCUT2D eigenvalue weighted by molar-refractivity contribution is 5.95. The van der Waals surface area contributed by atoms with Crippen LogP contribution in [0, 0.1) is 0 Å². The molecular weight excluding hydrogens is 376 g/mol. The minimum absolute atomic E-state index is 0.261. The van der Waals surface area contributed by atoms with Crippen molar-refractivity contribution in [3.05, 3.63) is 53.6 Å². The summed E-state index contributed by atoms with van der Waals surface area (Å²) in [6.07, 6.45) is 0.544. The molecular formula is C21H24N2O6. The average molecular weight is 400 g/mol. The Morgan fingerprint density at radius 3 is 1.90 bits per heavy atom. The van der Waals surface area contributed by atoms with E-state index in [4.69, 9.17) is 14.2 Å². The first-order valence-electron chi connectivity index (χ1n) is 9.01. The van der Waals surface area contributed by atoms with Gasteiger partial charge in [0.05, 0.1) is 14.2 Å². The summed E-state index contributed by atoms with van der Waals surface area (Å²) in [6, 6.07) is 11.3. The van der Waals surface area contributed by atoms with Crippen LogP contribution in [0.5, 0.6) is 17.2 Å². The van der Waals surface area contributed by atoms with Crippen molar-refractivity contribution in [1.82, 2.24) is 10.6 Å². The van der Waals surface area contributed by atoms with Crippen molar-refractivity contribution < 1.29 is 28.6 Å². The quantitative estimate of drug-likeness (QED) is 0.380. The Kier molecular flexibility index (Phi) is 8.02. The molecule has 29 heavy (non-hydrogen) atoms. The summed E-state index contributed by atoms with van der Waals surface area (Å²) in [7, 11) is 3.03. The molecule has 0 radical (unpaired) electrons. The van der Waals surface area contributed by atoms with Crippen LogP contribution in [0.4, 0.5) is 0 Å². The lowest BCUT2D eigenvalue weighted by Crippen LogP contribution is -2.30. The zero-order valence-electron chi connectivity index (χ0n) is 16.6. The first-order valence-corrected chi connectivity index (χ1v) is 9.01. The molecule has 0 bridgehead atoms. The van der Waals surface area contributed by atoms with E-state index in [1.165, 1.54) is 27.2 Å². The number of benzene rings is 2. The molecule has 0 aliphatic heterocycles. The van der Waals surface area contributed by atoms with Crippen LogP contribution in [0.25, 0.3) is 0 Å². The van der Waals surface area contributed by atoms with Crippen molar-refractivity contribution in [1.29, 1.82) is 0 Å². The van der Waals surface area contributed by atoms with E-state index < -0.39 is 5.97 Å².